The maximum absolute atomic E-state index is 6.90. The van der Waals surface area contributed by atoms with Crippen LogP contribution in [0.2, 0.25) is 0 Å². The first kappa shape index (κ1) is 74.3. The highest BCUT2D eigenvalue weighted by molar-refractivity contribution is 7.09. The molecule has 20 aromatic rings. The molecule has 578 valence electrons. The number of para-hydroxylation sites is 3. The highest BCUT2D eigenvalue weighted by atomic mass is 32.1. The molecule has 0 unspecified atom stereocenters. The van der Waals surface area contributed by atoms with Gasteiger partial charge in [-0.25, -0.2) is 9.97 Å². The standard InChI is InChI=1S/C108H82N8O2S2/c1-107(2,3)81-44-56-89(57-45-81)114(90-58-46-82(47-59-90)108(4,5)6)87-52-39-74(40-53-87)103-109-105(119-111-103)75-41-54-88(55-42-75)113(85-48-35-72(36-49-85)71-21-10-7-11-22-71)86-50-37-73(38-51-86)76-23-18-24-77(65-76)78-43-62-96-98-64-61-94(70-102(98)118-100(96)68-78)116(84-29-14-9-15-30-84)92-32-20-26-80(67-92)106-110-104(112-120-106)79-25-19-31-91(66-79)115(83-27-12-8-13-28-83)93-60-63-97-95-33-16-17-34-99(95)117-101(97)69-93/h7-70H,1-6H3. The molecule has 0 aliphatic carbocycles. The van der Waals surface area contributed by atoms with Gasteiger partial charge in [0.1, 0.15) is 32.3 Å². The second-order valence-corrected chi connectivity index (χ2v) is 34.0. The summed E-state index contributed by atoms with van der Waals surface area (Å²) < 4.78 is 23.2. The van der Waals surface area contributed by atoms with E-state index in [2.05, 4.69) is 431 Å². The fourth-order valence-electron chi connectivity index (χ4n) is 16.2. The van der Waals surface area contributed by atoms with Gasteiger partial charge in [0.05, 0.1) is 0 Å². The molecule has 120 heavy (non-hydrogen) atoms. The molecule has 0 saturated heterocycles. The van der Waals surface area contributed by atoms with Gasteiger partial charge in [0.15, 0.2) is 11.6 Å². The van der Waals surface area contributed by atoms with Gasteiger partial charge < -0.3 is 28.4 Å². The second kappa shape index (κ2) is 31.1. The van der Waals surface area contributed by atoms with E-state index in [0.29, 0.717) is 11.6 Å². The lowest BCUT2D eigenvalue weighted by Crippen LogP contribution is -2.14. The first-order valence-corrected chi connectivity index (χ1v) is 42.1. The fraction of sp³-hybridized carbons (Fsp3) is 0.0741. The summed E-state index contributed by atoms with van der Waals surface area (Å²) in [5.74, 6) is 1.36. The van der Waals surface area contributed by atoms with Crippen LogP contribution in [0.25, 0.3) is 121 Å². The Balaban J connectivity index is 0.552. The molecule has 0 aliphatic rings. The van der Waals surface area contributed by atoms with Crippen LogP contribution in [0.1, 0.15) is 52.7 Å². The van der Waals surface area contributed by atoms with Crippen LogP contribution < -0.4 is 19.6 Å². The number of hydrogen-bond donors (Lipinski definition) is 0. The predicted molar refractivity (Wildman–Crippen MR) is 502 cm³/mol. The van der Waals surface area contributed by atoms with Crippen LogP contribution in [-0.4, -0.2) is 18.7 Å². The Hall–Kier alpha value is -14.6. The predicted octanol–water partition coefficient (Wildman–Crippen LogP) is 31.3. The molecule has 0 fully saturated rings. The molecule has 0 bridgehead atoms. The maximum atomic E-state index is 6.90. The Bertz CT molecular complexity index is 7040. The average Bonchev–Trinajstić information content (AvgIpc) is 1.48. The summed E-state index contributed by atoms with van der Waals surface area (Å²) in [4.78, 5) is 19.5. The molecule has 10 nitrogen and oxygen atoms in total. The summed E-state index contributed by atoms with van der Waals surface area (Å²) in [7, 11) is 0. The van der Waals surface area contributed by atoms with Crippen LogP contribution in [-0.2, 0) is 10.8 Å². The molecule has 0 atom stereocenters. The molecule has 0 N–H and O–H groups in total. The maximum Gasteiger partial charge on any atom is 0.173 e. The zero-order valence-electron chi connectivity index (χ0n) is 67.2. The van der Waals surface area contributed by atoms with Crippen LogP contribution in [0.5, 0.6) is 0 Å². The Morgan fingerprint density at radius 2 is 0.500 bits per heavy atom. The lowest BCUT2D eigenvalue weighted by atomic mass is 9.86. The molecule has 0 spiro atoms. The van der Waals surface area contributed by atoms with Crippen LogP contribution >= 0.6 is 23.1 Å². The van der Waals surface area contributed by atoms with Crippen molar-refractivity contribution in [1.29, 1.82) is 0 Å². The summed E-state index contributed by atoms with van der Waals surface area (Å²) in [6.45, 7) is 13.5. The Labute approximate surface area is 706 Å². The van der Waals surface area contributed by atoms with Gasteiger partial charge in [-0.1, -0.05) is 224 Å². The highest BCUT2D eigenvalue weighted by Gasteiger charge is 2.25. The minimum atomic E-state index is 0.0466. The summed E-state index contributed by atoms with van der Waals surface area (Å²) in [6.07, 6.45) is 0. The van der Waals surface area contributed by atoms with Gasteiger partial charge >= 0.3 is 0 Å². The molecular formula is C108H82N8O2S2. The number of benzene rings is 16. The monoisotopic (exact) mass is 1590 g/mol. The van der Waals surface area contributed by atoms with E-state index in [1.807, 2.05) is 18.2 Å². The number of rotatable bonds is 19. The Kier molecular flexibility index (Phi) is 19.3. The van der Waals surface area contributed by atoms with Gasteiger partial charge in [0.25, 0.3) is 0 Å². The van der Waals surface area contributed by atoms with E-state index in [9.17, 15) is 0 Å². The highest BCUT2D eigenvalue weighted by Crippen LogP contribution is 2.47. The molecule has 4 heterocycles. The topological polar surface area (TPSA) is 90.8 Å². The smallest absolute Gasteiger partial charge is 0.173 e. The van der Waals surface area contributed by atoms with E-state index in [1.54, 1.807) is 0 Å². The van der Waals surface area contributed by atoms with Gasteiger partial charge in [-0.05, 0) is 273 Å². The van der Waals surface area contributed by atoms with E-state index >= 15 is 0 Å². The van der Waals surface area contributed by atoms with Crippen molar-refractivity contribution >= 4 is 135 Å². The van der Waals surface area contributed by atoms with Gasteiger partial charge in [-0.15, -0.1) is 0 Å². The van der Waals surface area contributed by atoms with E-state index in [-0.39, 0.29) is 10.8 Å². The van der Waals surface area contributed by atoms with E-state index in [0.717, 1.165) is 172 Å². The molecule has 20 rings (SSSR count). The summed E-state index contributed by atoms with van der Waals surface area (Å²) in [5.41, 5.74) is 28.8. The van der Waals surface area contributed by atoms with Crippen LogP contribution in [0.15, 0.2) is 397 Å². The zero-order valence-corrected chi connectivity index (χ0v) is 68.8. The van der Waals surface area contributed by atoms with Gasteiger partial charge in [0.2, 0.25) is 0 Å². The van der Waals surface area contributed by atoms with Crippen LogP contribution in [0, 0.1) is 0 Å². The van der Waals surface area contributed by atoms with Crippen molar-refractivity contribution in [2.75, 3.05) is 19.6 Å². The van der Waals surface area contributed by atoms with E-state index < -0.39 is 0 Å². The summed E-state index contributed by atoms with van der Waals surface area (Å²) >= 11 is 2.82. The summed E-state index contributed by atoms with van der Waals surface area (Å²) in [5, 5.41) is 5.95. The van der Waals surface area contributed by atoms with Crippen LogP contribution in [0.3, 0.4) is 0 Å². The molecule has 0 amide bonds. The number of hydrogen-bond acceptors (Lipinski definition) is 12. The Morgan fingerprint density at radius 3 is 1.01 bits per heavy atom. The molecule has 0 saturated carbocycles. The average molecular weight is 1590 g/mol. The lowest BCUT2D eigenvalue weighted by molar-refractivity contribution is 0.590. The van der Waals surface area contributed by atoms with Crippen molar-refractivity contribution in [3.8, 4) is 77.3 Å². The first-order chi connectivity index (χ1) is 58.7. The normalized spacial score (nSPS) is 11.8. The second-order valence-electron chi connectivity index (χ2n) is 32.5. The minimum absolute atomic E-state index is 0.0466. The number of fused-ring (bicyclic) bond motifs is 6. The van der Waals surface area contributed by atoms with E-state index in [4.69, 9.17) is 27.5 Å². The molecule has 0 radical (unpaired) electrons. The third-order valence-corrected chi connectivity index (χ3v) is 24.1. The first-order valence-electron chi connectivity index (χ1n) is 40.5. The number of nitrogens with zero attached hydrogens (tertiary/aromatic N) is 8. The van der Waals surface area contributed by atoms with Crippen LogP contribution in [0.4, 0.5) is 68.2 Å². The minimum Gasteiger partial charge on any atom is -0.456 e. The molecule has 4 aromatic heterocycles. The van der Waals surface area contributed by atoms with Gasteiger partial charge in [0, 0.05) is 124 Å². The Morgan fingerprint density at radius 1 is 0.208 bits per heavy atom. The third kappa shape index (κ3) is 14.7. The number of aromatic nitrogens is 4. The van der Waals surface area contributed by atoms with E-state index in [1.165, 1.54) is 39.8 Å². The van der Waals surface area contributed by atoms with Crippen molar-refractivity contribution in [2.24, 2.45) is 0 Å². The van der Waals surface area contributed by atoms with Crippen molar-refractivity contribution in [2.45, 2.75) is 52.4 Å². The molecule has 12 heteroatoms. The molecule has 16 aromatic carbocycles. The van der Waals surface area contributed by atoms with Gasteiger partial charge in [-0.2, -0.15) is 8.75 Å². The fourth-order valence-corrected chi connectivity index (χ4v) is 17.6. The SMILES string of the molecule is CC(C)(C)c1ccc(N(c2ccc(-c3nsc(-c4ccc(N(c5ccc(-c6ccccc6)cc5)c5ccc(-c6cccc(-c7ccc8c(c7)oc7cc(N(c9ccccc9)c9cccc(-c%10nc(-c%11cccc(N(c%12ccccc%12)c%12ccc%13c(c%12)oc%12ccccc%12%13)c%11)ns%10)c9)ccc78)c6)cc5)cc4)n3)cc2)c2ccc(C(C)(C)C)cc2)cc1. The zero-order chi connectivity index (χ0) is 81.0. The number of furan rings is 2. The quantitative estimate of drug-likeness (QED) is 0.0780. The van der Waals surface area contributed by atoms with Crippen molar-refractivity contribution in [3.05, 3.63) is 399 Å². The lowest BCUT2D eigenvalue weighted by Gasteiger charge is -2.28. The van der Waals surface area contributed by atoms with Crippen molar-refractivity contribution in [1.82, 2.24) is 18.7 Å². The molecule has 0 aliphatic heterocycles. The van der Waals surface area contributed by atoms with Crippen molar-refractivity contribution < 1.29 is 8.83 Å². The van der Waals surface area contributed by atoms with Crippen molar-refractivity contribution in [3.63, 3.8) is 0 Å². The third-order valence-electron chi connectivity index (χ3n) is 22.6. The largest absolute Gasteiger partial charge is 0.456 e. The molecular weight excluding hydrogens is 1510 g/mol. The summed E-state index contributed by atoms with van der Waals surface area (Å²) in [6, 6.07) is 138. The number of anilines is 12. The van der Waals surface area contributed by atoms with Gasteiger partial charge in [-0.3, -0.25) is 0 Å².